The number of aromatic hydroxyl groups is 1. The van der Waals surface area contributed by atoms with Crippen LogP contribution in [0.2, 0.25) is 10.0 Å². The molecule has 0 atom stereocenters. The van der Waals surface area contributed by atoms with Gasteiger partial charge in [0, 0.05) is 21.2 Å². The van der Waals surface area contributed by atoms with Gasteiger partial charge < -0.3 is 5.11 Å². The van der Waals surface area contributed by atoms with Gasteiger partial charge in [0.05, 0.1) is 18.0 Å². The first-order chi connectivity index (χ1) is 17.5. The fraction of sp³-hybridized carbons (Fsp3) is 0.207. The Labute approximate surface area is 226 Å². The second-order valence-corrected chi connectivity index (χ2v) is 10.7. The van der Waals surface area contributed by atoms with Crippen LogP contribution in [-0.4, -0.2) is 26.5 Å². The van der Waals surface area contributed by atoms with Crippen molar-refractivity contribution in [1.29, 1.82) is 0 Å². The quantitative estimate of drug-likeness (QED) is 0.205. The van der Waals surface area contributed by atoms with E-state index in [4.69, 9.17) is 28.3 Å². The van der Waals surface area contributed by atoms with Gasteiger partial charge in [-0.05, 0) is 59.9 Å². The molecular formula is C29H28Cl2N4O2. The van der Waals surface area contributed by atoms with Crippen LogP contribution < -0.4 is 5.43 Å². The second-order valence-electron chi connectivity index (χ2n) is 9.83. The Balaban J connectivity index is 1.65. The van der Waals surface area contributed by atoms with Gasteiger partial charge in [0.1, 0.15) is 11.4 Å². The van der Waals surface area contributed by atoms with Crippen LogP contribution in [0, 0.1) is 0 Å². The Bertz CT molecular complexity index is 1450. The normalized spacial score (nSPS) is 12.0. The van der Waals surface area contributed by atoms with Gasteiger partial charge in [-0.3, -0.25) is 9.48 Å². The van der Waals surface area contributed by atoms with Crippen molar-refractivity contribution in [3.05, 3.63) is 105 Å². The molecule has 190 valence electrons. The van der Waals surface area contributed by atoms with Gasteiger partial charge in [-0.25, -0.2) is 5.43 Å². The average Bonchev–Trinajstić information content (AvgIpc) is 3.27. The first kappa shape index (κ1) is 26.5. The minimum Gasteiger partial charge on any atom is -0.507 e. The van der Waals surface area contributed by atoms with E-state index >= 15 is 0 Å². The summed E-state index contributed by atoms with van der Waals surface area (Å²) in [5.74, 6) is -0.409. The molecule has 37 heavy (non-hydrogen) atoms. The van der Waals surface area contributed by atoms with Gasteiger partial charge in [-0.1, -0.05) is 80.4 Å². The molecule has 0 aliphatic carbocycles. The predicted molar refractivity (Wildman–Crippen MR) is 150 cm³/mol. The molecule has 3 aromatic carbocycles. The zero-order chi connectivity index (χ0) is 26.7. The molecule has 0 saturated carbocycles. The number of benzene rings is 3. The van der Waals surface area contributed by atoms with Gasteiger partial charge in [-0.2, -0.15) is 10.2 Å². The fourth-order valence-electron chi connectivity index (χ4n) is 3.82. The Morgan fingerprint density at radius 3 is 2.27 bits per heavy atom. The van der Waals surface area contributed by atoms with E-state index in [1.807, 2.05) is 12.1 Å². The van der Waals surface area contributed by atoms with Crippen molar-refractivity contribution in [3.63, 3.8) is 0 Å². The lowest BCUT2D eigenvalue weighted by atomic mass is 9.87. The SMILES string of the molecule is CC(=NNC(=O)c1cc(-c2ccc(Cl)cc2)nn1Cc1ccc(C(C)(C)C)cc1)c1cc(Cl)ccc1O. The number of hydrazone groups is 1. The summed E-state index contributed by atoms with van der Waals surface area (Å²) in [5.41, 5.74) is 7.54. The van der Waals surface area contributed by atoms with Gasteiger partial charge in [0.25, 0.3) is 5.91 Å². The molecule has 0 radical (unpaired) electrons. The minimum absolute atomic E-state index is 0.0219. The molecule has 0 spiro atoms. The molecule has 1 aromatic heterocycles. The molecule has 0 fully saturated rings. The highest BCUT2D eigenvalue weighted by atomic mass is 35.5. The Morgan fingerprint density at radius 2 is 1.62 bits per heavy atom. The molecule has 0 bridgehead atoms. The van der Waals surface area contributed by atoms with E-state index in [-0.39, 0.29) is 11.2 Å². The van der Waals surface area contributed by atoms with E-state index in [0.717, 1.165) is 11.1 Å². The van der Waals surface area contributed by atoms with E-state index in [0.29, 0.717) is 39.3 Å². The summed E-state index contributed by atoms with van der Waals surface area (Å²) in [6, 6.07) is 22.0. The van der Waals surface area contributed by atoms with Gasteiger partial charge in [-0.15, -0.1) is 0 Å². The smallest absolute Gasteiger partial charge is 0.289 e. The molecule has 4 rings (SSSR count). The topological polar surface area (TPSA) is 79.5 Å². The summed E-state index contributed by atoms with van der Waals surface area (Å²) in [4.78, 5) is 13.2. The van der Waals surface area contributed by atoms with Crippen LogP contribution in [0.5, 0.6) is 5.75 Å². The lowest BCUT2D eigenvalue weighted by molar-refractivity contribution is 0.0944. The van der Waals surface area contributed by atoms with E-state index in [1.165, 1.54) is 11.6 Å². The Morgan fingerprint density at radius 1 is 0.973 bits per heavy atom. The zero-order valence-corrected chi connectivity index (χ0v) is 22.6. The van der Waals surface area contributed by atoms with Crippen LogP contribution in [0.4, 0.5) is 0 Å². The van der Waals surface area contributed by atoms with E-state index in [2.05, 4.69) is 55.6 Å². The molecule has 0 aliphatic heterocycles. The average molecular weight is 535 g/mol. The number of nitrogens with one attached hydrogen (secondary N) is 1. The number of hydrogen-bond donors (Lipinski definition) is 2. The number of amides is 1. The first-order valence-corrected chi connectivity index (χ1v) is 12.5. The van der Waals surface area contributed by atoms with Crippen molar-refractivity contribution < 1.29 is 9.90 Å². The van der Waals surface area contributed by atoms with Crippen molar-refractivity contribution >= 4 is 34.8 Å². The first-order valence-electron chi connectivity index (χ1n) is 11.8. The third-order valence-electron chi connectivity index (χ3n) is 5.98. The highest BCUT2D eigenvalue weighted by Gasteiger charge is 2.18. The molecule has 1 amide bonds. The number of phenolic OH excluding ortho intramolecular Hbond substituents is 1. The monoisotopic (exact) mass is 534 g/mol. The standard InChI is InChI=1S/C29H28Cl2N4O2/c1-18(24-15-23(31)13-14-27(24)36)32-33-28(37)26-16-25(20-7-11-22(30)12-8-20)34-35(26)17-19-5-9-21(10-6-19)29(2,3)4/h5-16,36H,17H2,1-4H3,(H,33,37). The fourth-order valence-corrected chi connectivity index (χ4v) is 4.11. The lowest BCUT2D eigenvalue weighted by Gasteiger charge is -2.19. The van der Waals surface area contributed by atoms with Crippen LogP contribution in [-0.2, 0) is 12.0 Å². The predicted octanol–water partition coefficient (Wildman–Crippen LogP) is 7.06. The molecule has 0 saturated heterocycles. The van der Waals surface area contributed by atoms with Crippen LogP contribution in [0.3, 0.4) is 0 Å². The van der Waals surface area contributed by atoms with Gasteiger partial charge >= 0.3 is 0 Å². The van der Waals surface area contributed by atoms with E-state index in [1.54, 1.807) is 41.9 Å². The largest absolute Gasteiger partial charge is 0.507 e. The van der Waals surface area contributed by atoms with E-state index in [9.17, 15) is 9.90 Å². The number of hydrogen-bond acceptors (Lipinski definition) is 4. The Hall–Kier alpha value is -3.61. The van der Waals surface area contributed by atoms with Crippen LogP contribution in [0.25, 0.3) is 11.3 Å². The lowest BCUT2D eigenvalue weighted by Crippen LogP contribution is -2.23. The van der Waals surface area contributed by atoms with Crippen molar-refractivity contribution in [3.8, 4) is 17.0 Å². The number of carbonyl (C=O) groups is 1. The molecular weight excluding hydrogens is 507 g/mol. The van der Waals surface area contributed by atoms with Crippen LogP contribution >= 0.6 is 23.2 Å². The number of carbonyl (C=O) groups excluding carboxylic acids is 1. The second kappa shape index (κ2) is 10.8. The van der Waals surface area contributed by atoms with Crippen molar-refractivity contribution in [1.82, 2.24) is 15.2 Å². The summed E-state index contributed by atoms with van der Waals surface area (Å²) in [7, 11) is 0. The zero-order valence-electron chi connectivity index (χ0n) is 21.1. The third-order valence-corrected chi connectivity index (χ3v) is 6.47. The van der Waals surface area contributed by atoms with Crippen LogP contribution in [0.1, 0.15) is 54.9 Å². The van der Waals surface area contributed by atoms with Crippen LogP contribution in [0.15, 0.2) is 77.9 Å². The molecule has 8 heteroatoms. The van der Waals surface area contributed by atoms with Crippen molar-refractivity contribution in [2.75, 3.05) is 0 Å². The molecule has 1 heterocycles. The molecule has 2 N–H and O–H groups in total. The number of nitrogens with zero attached hydrogens (tertiary/aromatic N) is 3. The maximum atomic E-state index is 13.2. The maximum Gasteiger partial charge on any atom is 0.289 e. The van der Waals surface area contributed by atoms with Gasteiger partial charge in [0.2, 0.25) is 0 Å². The number of halogens is 2. The highest BCUT2D eigenvalue weighted by Crippen LogP contribution is 2.25. The molecule has 6 nitrogen and oxygen atoms in total. The highest BCUT2D eigenvalue weighted by molar-refractivity contribution is 6.31. The molecule has 0 aliphatic rings. The summed E-state index contributed by atoms with van der Waals surface area (Å²) in [6.45, 7) is 8.59. The summed E-state index contributed by atoms with van der Waals surface area (Å²) >= 11 is 12.1. The number of rotatable bonds is 6. The van der Waals surface area contributed by atoms with Crippen molar-refractivity contribution in [2.24, 2.45) is 5.10 Å². The number of aromatic nitrogens is 2. The third kappa shape index (κ3) is 6.40. The maximum absolute atomic E-state index is 13.2. The van der Waals surface area contributed by atoms with Crippen molar-refractivity contribution in [2.45, 2.75) is 39.7 Å². The van der Waals surface area contributed by atoms with E-state index < -0.39 is 5.91 Å². The number of phenols is 1. The van der Waals surface area contributed by atoms with Gasteiger partial charge in [0.15, 0.2) is 0 Å². The summed E-state index contributed by atoms with van der Waals surface area (Å²) in [5, 5.41) is 20.1. The molecule has 0 unspecified atom stereocenters. The molecule has 4 aromatic rings. The summed E-state index contributed by atoms with van der Waals surface area (Å²) < 4.78 is 1.66. The Kier molecular flexibility index (Phi) is 7.71. The summed E-state index contributed by atoms with van der Waals surface area (Å²) in [6.07, 6.45) is 0. The minimum atomic E-state index is -0.431.